The van der Waals surface area contributed by atoms with Crippen molar-refractivity contribution in [2.45, 2.75) is 38.3 Å². The van der Waals surface area contributed by atoms with Crippen LogP contribution < -0.4 is 4.68 Å². The first-order chi connectivity index (χ1) is 15.4. The smallest absolute Gasteiger partial charge is 0.307 e. The quantitative estimate of drug-likeness (QED) is 0.417. The molecule has 0 saturated heterocycles. The van der Waals surface area contributed by atoms with Crippen LogP contribution in [0.3, 0.4) is 0 Å². The number of hydrogen-bond donors (Lipinski definition) is 2. The summed E-state index contributed by atoms with van der Waals surface area (Å²) in [5.74, 6) is -0.0340. The molecular formula is C24H23FN5OS+. The summed E-state index contributed by atoms with van der Waals surface area (Å²) in [5, 5.41) is 26.7. The molecule has 0 bridgehead atoms. The van der Waals surface area contributed by atoms with Gasteiger partial charge in [0.1, 0.15) is 18.0 Å². The molecular weight excluding hydrogens is 425 g/mol. The maximum Gasteiger partial charge on any atom is 0.307 e. The van der Waals surface area contributed by atoms with Crippen LogP contribution in [-0.4, -0.2) is 20.2 Å². The van der Waals surface area contributed by atoms with E-state index in [0.717, 1.165) is 28.5 Å². The molecule has 0 spiro atoms. The zero-order valence-electron chi connectivity index (χ0n) is 17.8. The van der Waals surface area contributed by atoms with Crippen molar-refractivity contribution in [3.63, 3.8) is 0 Å². The van der Waals surface area contributed by atoms with Crippen molar-refractivity contribution in [3.8, 4) is 17.3 Å². The highest BCUT2D eigenvalue weighted by Gasteiger charge is 2.41. The van der Waals surface area contributed by atoms with Gasteiger partial charge in [-0.3, -0.25) is 0 Å². The molecule has 0 aliphatic carbocycles. The number of aromatic nitrogens is 4. The van der Waals surface area contributed by atoms with Crippen molar-refractivity contribution in [2.75, 3.05) is 0 Å². The third-order valence-electron chi connectivity index (χ3n) is 5.61. The lowest BCUT2D eigenvalue weighted by Gasteiger charge is -2.31. The molecule has 2 atom stereocenters. The molecule has 2 heterocycles. The largest absolute Gasteiger partial charge is 0.380 e. The molecule has 4 rings (SSSR count). The summed E-state index contributed by atoms with van der Waals surface area (Å²) in [6.07, 6.45) is 2.38. The summed E-state index contributed by atoms with van der Waals surface area (Å²) in [6, 6.07) is 15.4. The third-order valence-corrected chi connectivity index (χ3v) is 6.64. The van der Waals surface area contributed by atoms with Gasteiger partial charge in [0.05, 0.1) is 22.3 Å². The maximum absolute atomic E-state index is 14.1. The van der Waals surface area contributed by atoms with E-state index < -0.39 is 17.3 Å². The van der Waals surface area contributed by atoms with Gasteiger partial charge in [0, 0.05) is 23.3 Å². The lowest BCUT2D eigenvalue weighted by Crippen LogP contribution is -2.49. The molecule has 0 saturated carbocycles. The number of aryl methyl sites for hydroxylation is 1. The zero-order valence-corrected chi connectivity index (χ0v) is 18.6. The van der Waals surface area contributed by atoms with E-state index in [1.165, 1.54) is 23.5 Å². The second-order valence-electron chi connectivity index (χ2n) is 7.70. The normalized spacial score (nSPS) is 14.0. The Morgan fingerprint density at radius 2 is 2.06 bits per heavy atom. The average molecular weight is 449 g/mol. The van der Waals surface area contributed by atoms with Gasteiger partial charge in [0.25, 0.3) is 5.82 Å². The van der Waals surface area contributed by atoms with E-state index in [1.807, 2.05) is 31.4 Å². The lowest BCUT2D eigenvalue weighted by molar-refractivity contribution is -0.765. The number of nitriles is 1. The Bertz CT molecular complexity index is 1260. The Morgan fingerprint density at radius 3 is 2.72 bits per heavy atom. The topological polar surface area (TPSA) is 89.5 Å². The van der Waals surface area contributed by atoms with Crippen molar-refractivity contribution in [3.05, 3.63) is 88.0 Å². The van der Waals surface area contributed by atoms with Crippen LogP contribution in [0.2, 0.25) is 0 Å². The number of halogens is 1. The Hall–Kier alpha value is -3.41. The molecule has 32 heavy (non-hydrogen) atoms. The summed E-state index contributed by atoms with van der Waals surface area (Å²) in [5.41, 5.74) is 1.29. The Morgan fingerprint density at radius 1 is 1.28 bits per heavy atom. The van der Waals surface area contributed by atoms with Gasteiger partial charge in [0.2, 0.25) is 0 Å². The van der Waals surface area contributed by atoms with Crippen LogP contribution in [0.4, 0.5) is 4.39 Å². The van der Waals surface area contributed by atoms with Crippen LogP contribution in [-0.2, 0) is 18.6 Å². The predicted molar refractivity (Wildman–Crippen MR) is 119 cm³/mol. The molecule has 2 aromatic heterocycles. The van der Waals surface area contributed by atoms with Crippen LogP contribution in [0.5, 0.6) is 0 Å². The van der Waals surface area contributed by atoms with Crippen LogP contribution in [0.15, 0.2) is 60.2 Å². The first-order valence-corrected chi connectivity index (χ1v) is 11.2. The van der Waals surface area contributed by atoms with Gasteiger partial charge in [-0.1, -0.05) is 38.1 Å². The van der Waals surface area contributed by atoms with Crippen LogP contribution in [0, 0.1) is 17.1 Å². The predicted octanol–water partition coefficient (Wildman–Crippen LogP) is 4.09. The van der Waals surface area contributed by atoms with E-state index in [-0.39, 0.29) is 6.54 Å². The molecule has 0 aliphatic heterocycles. The van der Waals surface area contributed by atoms with Gasteiger partial charge < -0.3 is 5.11 Å². The number of nitrogens with zero attached hydrogens (tertiary/aromatic N) is 4. The molecule has 2 aromatic carbocycles. The summed E-state index contributed by atoms with van der Waals surface area (Å²) >= 11 is 1.44. The molecule has 8 heteroatoms. The fraction of sp³-hybridized carbons (Fsp3) is 0.250. The second-order valence-corrected chi connectivity index (χ2v) is 8.59. The first-order valence-electron chi connectivity index (χ1n) is 10.3. The number of thiazole rings is 1. The molecule has 0 unspecified atom stereocenters. The summed E-state index contributed by atoms with van der Waals surface area (Å²) in [7, 11) is 0. The van der Waals surface area contributed by atoms with Gasteiger partial charge in [-0.2, -0.15) is 15.0 Å². The highest BCUT2D eigenvalue weighted by atomic mass is 32.1. The number of rotatable bonds is 7. The molecule has 162 valence electrons. The second kappa shape index (κ2) is 8.99. The van der Waals surface area contributed by atoms with Crippen molar-refractivity contribution in [2.24, 2.45) is 0 Å². The Balaban J connectivity index is 1.70. The maximum atomic E-state index is 14.1. The number of H-pyrrole nitrogens is 1. The van der Waals surface area contributed by atoms with E-state index in [2.05, 4.69) is 16.2 Å². The number of hydrogen-bond acceptors (Lipinski definition) is 5. The van der Waals surface area contributed by atoms with E-state index in [0.29, 0.717) is 11.1 Å². The van der Waals surface area contributed by atoms with Crippen LogP contribution in [0.1, 0.15) is 41.7 Å². The van der Waals surface area contributed by atoms with Gasteiger partial charge in [-0.25, -0.2) is 9.37 Å². The molecule has 0 radical (unpaired) electrons. The highest BCUT2D eigenvalue weighted by Crippen LogP contribution is 2.39. The minimum Gasteiger partial charge on any atom is -0.380 e. The molecule has 0 amide bonds. The van der Waals surface area contributed by atoms with Gasteiger partial charge >= 0.3 is 6.33 Å². The highest BCUT2D eigenvalue weighted by molar-refractivity contribution is 7.10. The van der Waals surface area contributed by atoms with Crippen molar-refractivity contribution >= 4 is 11.3 Å². The minimum absolute atomic E-state index is 0.163. The molecule has 0 aliphatic rings. The summed E-state index contributed by atoms with van der Waals surface area (Å²) in [4.78, 5) is 9.07. The van der Waals surface area contributed by atoms with Crippen LogP contribution >= 0.6 is 11.3 Å². The third kappa shape index (κ3) is 4.31. The Labute approximate surface area is 189 Å². The van der Waals surface area contributed by atoms with Gasteiger partial charge in [-0.15, -0.1) is 11.3 Å². The van der Waals surface area contributed by atoms with Crippen molar-refractivity contribution < 1.29 is 14.2 Å². The Kier molecular flexibility index (Phi) is 6.12. The monoisotopic (exact) mass is 448 g/mol. The van der Waals surface area contributed by atoms with E-state index in [1.54, 1.807) is 35.3 Å². The first kappa shape index (κ1) is 21.8. The van der Waals surface area contributed by atoms with Crippen molar-refractivity contribution in [1.29, 1.82) is 5.26 Å². The van der Waals surface area contributed by atoms with Gasteiger partial charge in [-0.05, 0) is 34.8 Å². The van der Waals surface area contributed by atoms with Gasteiger partial charge in [0.15, 0.2) is 0 Å². The number of benzene rings is 2. The SMILES string of the molecule is CCc1nc[n+](C[C@](O)(c2cccc(F)c2)[C@@H](C)c2nc(-c3ccc(C#N)cc3)cs2)[nH]1. The van der Waals surface area contributed by atoms with E-state index in [9.17, 15) is 9.50 Å². The molecule has 2 N–H and O–H groups in total. The number of nitrogens with one attached hydrogen (secondary N) is 1. The molecule has 0 fully saturated rings. The standard InChI is InChI=1S/C24H22FN5OS/c1-3-22-27-15-30(29-22)14-24(31,19-5-4-6-20(25)11-19)16(2)23-28-21(13-32-23)18-9-7-17(12-26)8-10-18/h4-11,13,15-16,31H,3,14H2,1-2H3/p+1/t16-,24+/m0/s1. The minimum atomic E-state index is -1.43. The molecule has 4 aromatic rings. The summed E-state index contributed by atoms with van der Waals surface area (Å²) < 4.78 is 15.8. The van der Waals surface area contributed by atoms with E-state index >= 15 is 0 Å². The molecule has 6 nitrogen and oxygen atoms in total. The fourth-order valence-corrected chi connectivity index (χ4v) is 4.62. The lowest BCUT2D eigenvalue weighted by atomic mass is 9.82. The number of aliphatic hydroxyl groups is 1. The fourth-order valence-electron chi connectivity index (χ4n) is 3.65. The van der Waals surface area contributed by atoms with Crippen LogP contribution in [0.25, 0.3) is 11.3 Å². The zero-order chi connectivity index (χ0) is 22.7. The number of aromatic amines is 1. The average Bonchev–Trinajstić information content (AvgIpc) is 3.48. The van der Waals surface area contributed by atoms with E-state index in [4.69, 9.17) is 10.2 Å². The summed E-state index contributed by atoms with van der Waals surface area (Å²) in [6.45, 7) is 4.05. The van der Waals surface area contributed by atoms with Crippen molar-refractivity contribution in [1.82, 2.24) is 15.1 Å².